The van der Waals surface area contributed by atoms with Gasteiger partial charge in [0, 0.05) is 18.0 Å². The van der Waals surface area contributed by atoms with Crippen LogP contribution >= 0.6 is 24.2 Å². The van der Waals surface area contributed by atoms with Crippen molar-refractivity contribution in [3.05, 3.63) is 29.3 Å². The molecule has 1 aromatic rings. The number of thioether (sulfide) groups is 1. The number of nitrogens with one attached hydrogen (secondary N) is 1. The second kappa shape index (κ2) is 9.52. The number of ether oxygens (including phenoxy) is 1. The maximum Gasteiger partial charge on any atom is 0.253 e. The molecule has 1 fully saturated rings. The highest BCUT2D eigenvalue weighted by Gasteiger charge is 2.30. The van der Waals surface area contributed by atoms with E-state index in [1.54, 1.807) is 0 Å². The zero-order valence-electron chi connectivity index (χ0n) is 14.0. The molecule has 1 saturated heterocycles. The minimum absolute atomic E-state index is 0. The number of anilines is 1. The van der Waals surface area contributed by atoms with Crippen molar-refractivity contribution in [1.29, 1.82) is 0 Å². The van der Waals surface area contributed by atoms with Crippen LogP contribution in [0.25, 0.3) is 0 Å². The van der Waals surface area contributed by atoms with Gasteiger partial charge in [0.15, 0.2) is 0 Å². The zero-order valence-corrected chi connectivity index (χ0v) is 15.6. The van der Waals surface area contributed by atoms with E-state index in [1.807, 2.05) is 23.9 Å². The second-order valence-corrected chi connectivity index (χ2v) is 7.56. The SMILES string of the molecule is Cc1c(CSC(C)C)cccc1NC(=O)[C@@H]1CC[C@H](CN)O1.Cl. The van der Waals surface area contributed by atoms with Gasteiger partial charge < -0.3 is 15.8 Å². The summed E-state index contributed by atoms with van der Waals surface area (Å²) in [6.07, 6.45) is 1.25. The molecular formula is C17H27ClN2O2S. The number of halogens is 1. The fourth-order valence-corrected chi connectivity index (χ4v) is 3.34. The summed E-state index contributed by atoms with van der Waals surface area (Å²) in [5.41, 5.74) is 8.88. The summed E-state index contributed by atoms with van der Waals surface area (Å²) in [5.74, 6) is 0.898. The molecule has 2 atom stereocenters. The summed E-state index contributed by atoms with van der Waals surface area (Å²) >= 11 is 1.90. The van der Waals surface area contributed by atoms with Crippen LogP contribution in [0.3, 0.4) is 0 Å². The van der Waals surface area contributed by atoms with Crippen molar-refractivity contribution in [2.24, 2.45) is 5.73 Å². The molecule has 1 heterocycles. The number of benzene rings is 1. The van der Waals surface area contributed by atoms with Crippen molar-refractivity contribution in [3.63, 3.8) is 0 Å². The summed E-state index contributed by atoms with van der Waals surface area (Å²) in [4.78, 5) is 12.3. The Morgan fingerprint density at radius 1 is 1.43 bits per heavy atom. The summed E-state index contributed by atoms with van der Waals surface area (Å²) in [6.45, 7) is 6.92. The van der Waals surface area contributed by atoms with E-state index >= 15 is 0 Å². The third-order valence-corrected chi connectivity index (χ3v) is 5.08. The van der Waals surface area contributed by atoms with Crippen molar-refractivity contribution >= 4 is 35.8 Å². The van der Waals surface area contributed by atoms with Gasteiger partial charge in [0.25, 0.3) is 5.91 Å². The molecule has 0 aromatic heterocycles. The lowest BCUT2D eigenvalue weighted by Crippen LogP contribution is -2.30. The first-order chi connectivity index (χ1) is 10.5. The summed E-state index contributed by atoms with van der Waals surface area (Å²) in [7, 11) is 0. The predicted molar refractivity (Wildman–Crippen MR) is 100 cm³/mol. The predicted octanol–water partition coefficient (Wildman–Crippen LogP) is 3.50. The van der Waals surface area contributed by atoms with Crippen LogP contribution < -0.4 is 11.1 Å². The minimum atomic E-state index is -0.373. The van der Waals surface area contributed by atoms with Gasteiger partial charge in [-0.15, -0.1) is 12.4 Å². The largest absolute Gasteiger partial charge is 0.364 e. The van der Waals surface area contributed by atoms with E-state index in [1.165, 1.54) is 5.56 Å². The molecule has 4 nitrogen and oxygen atoms in total. The normalized spacial score (nSPS) is 20.4. The van der Waals surface area contributed by atoms with Crippen molar-refractivity contribution in [1.82, 2.24) is 0 Å². The van der Waals surface area contributed by atoms with Crippen LogP contribution in [0.5, 0.6) is 0 Å². The number of amides is 1. The third kappa shape index (κ3) is 5.68. The average molecular weight is 359 g/mol. The molecule has 0 bridgehead atoms. The number of nitrogens with two attached hydrogens (primary N) is 1. The highest BCUT2D eigenvalue weighted by atomic mass is 35.5. The van der Waals surface area contributed by atoms with E-state index in [-0.39, 0.29) is 30.5 Å². The number of hydrogen-bond acceptors (Lipinski definition) is 4. The maximum atomic E-state index is 12.3. The monoisotopic (exact) mass is 358 g/mol. The Balaban J connectivity index is 0.00000264. The Morgan fingerprint density at radius 2 is 2.17 bits per heavy atom. The van der Waals surface area contributed by atoms with Crippen LogP contribution in [-0.2, 0) is 15.3 Å². The fraction of sp³-hybridized carbons (Fsp3) is 0.588. The molecule has 1 aromatic carbocycles. The van der Waals surface area contributed by atoms with Gasteiger partial charge in [0.1, 0.15) is 6.10 Å². The van der Waals surface area contributed by atoms with Crippen molar-refractivity contribution in [3.8, 4) is 0 Å². The quantitative estimate of drug-likeness (QED) is 0.816. The minimum Gasteiger partial charge on any atom is -0.364 e. The maximum absolute atomic E-state index is 12.3. The van der Waals surface area contributed by atoms with Gasteiger partial charge in [0.05, 0.1) is 6.10 Å². The van der Waals surface area contributed by atoms with Gasteiger partial charge in [0.2, 0.25) is 0 Å². The standard InChI is InChI=1S/C17H26N2O2S.ClH/c1-11(2)22-10-13-5-4-6-15(12(13)3)19-17(20)16-8-7-14(9-18)21-16;/h4-6,11,14,16H,7-10,18H2,1-3H3,(H,19,20);1H/t14-,16+;/m1./s1. The molecule has 130 valence electrons. The van der Waals surface area contributed by atoms with E-state index < -0.39 is 0 Å². The third-order valence-electron chi connectivity index (χ3n) is 3.94. The first-order valence-electron chi connectivity index (χ1n) is 7.87. The molecule has 0 aliphatic carbocycles. The Hall–Kier alpha value is -0.750. The second-order valence-electron chi connectivity index (χ2n) is 6.00. The van der Waals surface area contributed by atoms with Crippen LogP contribution in [0.15, 0.2) is 18.2 Å². The molecule has 0 radical (unpaired) electrons. The molecule has 2 rings (SSSR count). The van der Waals surface area contributed by atoms with Crippen LogP contribution in [-0.4, -0.2) is 29.9 Å². The number of carbonyl (C=O) groups excluding carboxylic acids is 1. The Bertz CT molecular complexity index is 525. The van der Waals surface area contributed by atoms with Crippen molar-refractivity contribution < 1.29 is 9.53 Å². The van der Waals surface area contributed by atoms with Crippen LogP contribution in [0.4, 0.5) is 5.69 Å². The summed E-state index contributed by atoms with van der Waals surface area (Å²) in [6, 6.07) is 6.07. The number of carbonyl (C=O) groups is 1. The molecule has 0 unspecified atom stereocenters. The average Bonchev–Trinajstić information content (AvgIpc) is 2.97. The van der Waals surface area contributed by atoms with Gasteiger partial charge in [-0.25, -0.2) is 0 Å². The summed E-state index contributed by atoms with van der Waals surface area (Å²) < 4.78 is 5.65. The van der Waals surface area contributed by atoms with Gasteiger partial charge in [-0.2, -0.15) is 11.8 Å². The van der Waals surface area contributed by atoms with E-state index in [2.05, 4.69) is 32.2 Å². The van der Waals surface area contributed by atoms with E-state index in [0.29, 0.717) is 11.8 Å². The zero-order chi connectivity index (χ0) is 16.1. The Labute approximate surface area is 149 Å². The van der Waals surface area contributed by atoms with Crippen molar-refractivity contribution in [2.45, 2.75) is 56.8 Å². The Kier molecular flexibility index (Phi) is 8.40. The molecular weight excluding hydrogens is 332 g/mol. The topological polar surface area (TPSA) is 64.4 Å². The van der Waals surface area contributed by atoms with Crippen LogP contribution in [0, 0.1) is 6.92 Å². The van der Waals surface area contributed by atoms with E-state index in [0.717, 1.165) is 29.8 Å². The number of rotatable bonds is 6. The van der Waals surface area contributed by atoms with E-state index in [9.17, 15) is 4.79 Å². The molecule has 0 spiro atoms. The Morgan fingerprint density at radius 3 is 2.78 bits per heavy atom. The van der Waals surface area contributed by atoms with E-state index in [4.69, 9.17) is 10.5 Å². The summed E-state index contributed by atoms with van der Waals surface area (Å²) in [5, 5.41) is 3.61. The lowest BCUT2D eigenvalue weighted by atomic mass is 10.1. The fourth-order valence-electron chi connectivity index (χ4n) is 2.52. The molecule has 1 aliphatic rings. The van der Waals surface area contributed by atoms with Crippen LogP contribution in [0.1, 0.15) is 37.8 Å². The van der Waals surface area contributed by atoms with Gasteiger partial charge in [-0.05, 0) is 42.2 Å². The van der Waals surface area contributed by atoms with Gasteiger partial charge in [-0.1, -0.05) is 26.0 Å². The number of hydrogen-bond donors (Lipinski definition) is 2. The highest BCUT2D eigenvalue weighted by Crippen LogP contribution is 2.26. The lowest BCUT2D eigenvalue weighted by molar-refractivity contribution is -0.126. The molecule has 23 heavy (non-hydrogen) atoms. The van der Waals surface area contributed by atoms with Gasteiger partial charge >= 0.3 is 0 Å². The lowest BCUT2D eigenvalue weighted by Gasteiger charge is -2.16. The highest BCUT2D eigenvalue weighted by molar-refractivity contribution is 7.99. The van der Waals surface area contributed by atoms with Crippen LogP contribution in [0.2, 0.25) is 0 Å². The first-order valence-corrected chi connectivity index (χ1v) is 8.92. The molecule has 0 saturated carbocycles. The first kappa shape index (κ1) is 20.3. The molecule has 6 heteroatoms. The smallest absolute Gasteiger partial charge is 0.253 e. The molecule has 1 amide bonds. The molecule has 1 aliphatic heterocycles. The van der Waals surface area contributed by atoms with Crippen molar-refractivity contribution in [2.75, 3.05) is 11.9 Å². The van der Waals surface area contributed by atoms with Gasteiger partial charge in [-0.3, -0.25) is 4.79 Å². The molecule has 3 N–H and O–H groups in total.